The van der Waals surface area contributed by atoms with Gasteiger partial charge in [-0.15, -0.1) is 10.2 Å². The largest absolute Gasteiger partial charge is 0.352 e. The van der Waals surface area contributed by atoms with Crippen LogP contribution in [0.3, 0.4) is 0 Å². The van der Waals surface area contributed by atoms with Gasteiger partial charge in [0.25, 0.3) is 0 Å². The molecule has 1 aromatic heterocycles. The number of nitrogens with zero attached hydrogens (tertiary/aromatic N) is 3. The summed E-state index contributed by atoms with van der Waals surface area (Å²) in [6, 6.07) is 0.0267. The van der Waals surface area contributed by atoms with E-state index >= 15 is 0 Å². The molecule has 1 heterocycles. The molecule has 0 saturated carbocycles. The van der Waals surface area contributed by atoms with E-state index in [0.29, 0.717) is 6.54 Å². The second-order valence-corrected chi connectivity index (χ2v) is 4.48. The molecular formula is C12H23N5O. The van der Waals surface area contributed by atoms with Crippen LogP contribution < -0.4 is 10.6 Å². The molecule has 0 aromatic carbocycles. The molecule has 1 aromatic rings. The third-order valence-corrected chi connectivity index (χ3v) is 3.10. The van der Waals surface area contributed by atoms with Gasteiger partial charge in [0.2, 0.25) is 5.91 Å². The lowest BCUT2D eigenvalue weighted by Gasteiger charge is -2.19. The van der Waals surface area contributed by atoms with Crippen molar-refractivity contribution in [3.8, 4) is 0 Å². The number of hydrogen-bond acceptors (Lipinski definition) is 4. The zero-order valence-corrected chi connectivity index (χ0v) is 11.6. The van der Waals surface area contributed by atoms with Gasteiger partial charge < -0.3 is 9.88 Å². The third-order valence-electron chi connectivity index (χ3n) is 3.10. The zero-order chi connectivity index (χ0) is 13.5. The Kier molecular flexibility index (Phi) is 5.77. The van der Waals surface area contributed by atoms with Gasteiger partial charge in [-0.2, -0.15) is 0 Å². The maximum Gasteiger partial charge on any atom is 0.237 e. The van der Waals surface area contributed by atoms with E-state index < -0.39 is 0 Å². The number of carbonyl (C=O) groups is 1. The Labute approximate surface area is 108 Å². The van der Waals surface area contributed by atoms with Crippen molar-refractivity contribution in [1.29, 1.82) is 0 Å². The molecule has 1 rings (SSSR count). The van der Waals surface area contributed by atoms with Crippen LogP contribution in [0.15, 0.2) is 6.33 Å². The minimum absolute atomic E-state index is 0.0332. The van der Waals surface area contributed by atoms with Crippen LogP contribution in [0.4, 0.5) is 0 Å². The number of hydrogen-bond donors (Lipinski definition) is 2. The molecule has 0 saturated heterocycles. The van der Waals surface area contributed by atoms with Gasteiger partial charge in [-0.25, -0.2) is 0 Å². The van der Waals surface area contributed by atoms with Crippen molar-refractivity contribution in [2.45, 2.75) is 52.2 Å². The minimum atomic E-state index is -0.234. The first-order valence-corrected chi connectivity index (χ1v) is 6.45. The van der Waals surface area contributed by atoms with E-state index in [2.05, 4.69) is 34.7 Å². The number of amides is 1. The third kappa shape index (κ3) is 4.10. The van der Waals surface area contributed by atoms with Gasteiger partial charge in [-0.1, -0.05) is 13.8 Å². The summed E-state index contributed by atoms with van der Waals surface area (Å²) < 4.78 is 1.83. The Morgan fingerprint density at radius 1 is 1.44 bits per heavy atom. The van der Waals surface area contributed by atoms with Crippen molar-refractivity contribution in [3.63, 3.8) is 0 Å². The highest BCUT2D eigenvalue weighted by atomic mass is 16.2. The van der Waals surface area contributed by atoms with Gasteiger partial charge in [0.15, 0.2) is 0 Å². The van der Waals surface area contributed by atoms with Crippen molar-refractivity contribution < 1.29 is 4.79 Å². The fraction of sp³-hybridized carbons (Fsp3) is 0.750. The molecule has 102 valence electrons. The number of carbonyl (C=O) groups excluding carboxylic acids is 1. The Morgan fingerprint density at radius 2 is 2.11 bits per heavy atom. The van der Waals surface area contributed by atoms with Gasteiger partial charge >= 0.3 is 0 Å². The van der Waals surface area contributed by atoms with Gasteiger partial charge in [0.05, 0.1) is 12.6 Å². The maximum atomic E-state index is 11.9. The van der Waals surface area contributed by atoms with Crippen LogP contribution in [-0.2, 0) is 18.4 Å². The summed E-state index contributed by atoms with van der Waals surface area (Å²) >= 11 is 0. The molecule has 0 aliphatic heterocycles. The lowest BCUT2D eigenvalue weighted by Crippen LogP contribution is -2.45. The molecule has 0 aliphatic rings. The Morgan fingerprint density at radius 3 is 2.61 bits per heavy atom. The predicted molar refractivity (Wildman–Crippen MR) is 69.8 cm³/mol. The highest BCUT2D eigenvalue weighted by Gasteiger charge is 2.15. The monoisotopic (exact) mass is 253 g/mol. The van der Waals surface area contributed by atoms with E-state index in [9.17, 15) is 4.79 Å². The second kappa shape index (κ2) is 7.10. The summed E-state index contributed by atoms with van der Waals surface area (Å²) in [5.41, 5.74) is 0. The van der Waals surface area contributed by atoms with Crippen molar-refractivity contribution >= 4 is 5.91 Å². The molecule has 6 heteroatoms. The van der Waals surface area contributed by atoms with Crippen LogP contribution in [0.1, 0.15) is 39.4 Å². The average molecular weight is 253 g/mol. The van der Waals surface area contributed by atoms with Crippen molar-refractivity contribution in [3.05, 3.63) is 12.2 Å². The van der Waals surface area contributed by atoms with Crippen LogP contribution in [0.25, 0.3) is 0 Å². The second-order valence-electron chi connectivity index (χ2n) is 4.48. The summed E-state index contributed by atoms with van der Waals surface area (Å²) in [4.78, 5) is 11.9. The highest BCUT2D eigenvalue weighted by Crippen LogP contribution is 1.98. The number of rotatable bonds is 7. The van der Waals surface area contributed by atoms with Crippen LogP contribution >= 0.6 is 0 Å². The summed E-state index contributed by atoms with van der Waals surface area (Å²) in [6.07, 6.45) is 3.56. The van der Waals surface area contributed by atoms with E-state index in [-0.39, 0.29) is 18.0 Å². The lowest BCUT2D eigenvalue weighted by molar-refractivity contribution is -0.123. The first kappa shape index (κ1) is 14.6. The molecular weight excluding hydrogens is 230 g/mol. The molecule has 1 atom stereocenters. The zero-order valence-electron chi connectivity index (χ0n) is 11.6. The molecule has 0 spiro atoms. The quantitative estimate of drug-likeness (QED) is 0.746. The van der Waals surface area contributed by atoms with E-state index in [0.717, 1.165) is 18.7 Å². The fourth-order valence-corrected chi connectivity index (χ4v) is 1.62. The van der Waals surface area contributed by atoms with Crippen LogP contribution in [0.5, 0.6) is 0 Å². The molecule has 0 fully saturated rings. The normalized spacial score (nSPS) is 12.7. The average Bonchev–Trinajstić information content (AvgIpc) is 2.78. The molecule has 1 amide bonds. The van der Waals surface area contributed by atoms with Crippen molar-refractivity contribution in [2.24, 2.45) is 7.05 Å². The minimum Gasteiger partial charge on any atom is -0.352 e. The highest BCUT2D eigenvalue weighted by molar-refractivity contribution is 5.81. The smallest absolute Gasteiger partial charge is 0.237 e. The van der Waals surface area contributed by atoms with E-state index in [1.165, 1.54) is 0 Å². The fourth-order valence-electron chi connectivity index (χ4n) is 1.62. The first-order chi connectivity index (χ1) is 8.58. The number of nitrogens with one attached hydrogen (secondary N) is 2. The van der Waals surface area contributed by atoms with E-state index in [1.807, 2.05) is 18.5 Å². The molecule has 1 unspecified atom stereocenters. The lowest BCUT2D eigenvalue weighted by atomic mass is 10.1. The van der Waals surface area contributed by atoms with Gasteiger partial charge in [0, 0.05) is 13.1 Å². The standard InChI is InChI=1S/C12H23N5O/c1-5-10(6-2)15-12(18)9(3)13-7-11-16-14-8-17(11)4/h8-10,13H,5-7H2,1-4H3,(H,15,18). The van der Waals surface area contributed by atoms with Crippen LogP contribution in [0, 0.1) is 0 Å². The Hall–Kier alpha value is -1.43. The number of aromatic nitrogens is 3. The topological polar surface area (TPSA) is 71.8 Å². The van der Waals surface area contributed by atoms with E-state index in [1.54, 1.807) is 6.33 Å². The molecule has 2 N–H and O–H groups in total. The van der Waals surface area contributed by atoms with Gasteiger partial charge in [0.1, 0.15) is 12.2 Å². The van der Waals surface area contributed by atoms with Crippen LogP contribution in [0.2, 0.25) is 0 Å². The summed E-state index contributed by atoms with van der Waals surface area (Å²) in [5.74, 6) is 0.850. The summed E-state index contributed by atoms with van der Waals surface area (Å²) in [7, 11) is 1.88. The van der Waals surface area contributed by atoms with Gasteiger partial charge in [-0.05, 0) is 19.8 Å². The first-order valence-electron chi connectivity index (χ1n) is 6.45. The van der Waals surface area contributed by atoms with Crippen LogP contribution in [-0.4, -0.2) is 32.8 Å². The Bertz CT molecular complexity index is 372. The molecule has 0 aliphatic carbocycles. The van der Waals surface area contributed by atoms with Crippen molar-refractivity contribution in [2.75, 3.05) is 0 Å². The summed E-state index contributed by atoms with van der Waals surface area (Å²) in [5, 5.41) is 13.9. The molecule has 18 heavy (non-hydrogen) atoms. The van der Waals surface area contributed by atoms with Crippen molar-refractivity contribution in [1.82, 2.24) is 25.4 Å². The molecule has 6 nitrogen and oxygen atoms in total. The SMILES string of the molecule is CCC(CC)NC(=O)C(C)NCc1nncn1C. The van der Waals surface area contributed by atoms with Gasteiger partial charge in [-0.3, -0.25) is 10.1 Å². The van der Waals surface area contributed by atoms with E-state index in [4.69, 9.17) is 0 Å². The molecule has 0 bridgehead atoms. The molecule has 0 radical (unpaired) electrons. The predicted octanol–water partition coefficient (Wildman–Crippen LogP) is 0.598. The Balaban J connectivity index is 2.38. The maximum absolute atomic E-state index is 11.9. The number of aryl methyl sites for hydroxylation is 1. The summed E-state index contributed by atoms with van der Waals surface area (Å²) in [6.45, 7) is 6.54.